The Kier molecular flexibility index (Phi) is 4.19. The second-order valence-corrected chi connectivity index (χ2v) is 5.29. The average molecular weight is 314 g/mol. The van der Waals surface area contributed by atoms with Gasteiger partial charge in [0.2, 0.25) is 0 Å². The van der Waals surface area contributed by atoms with Gasteiger partial charge in [-0.1, -0.05) is 0 Å². The molecule has 1 atom stereocenters. The van der Waals surface area contributed by atoms with Crippen molar-refractivity contribution in [2.45, 2.75) is 19.4 Å². The topological polar surface area (TPSA) is 68.5 Å². The van der Waals surface area contributed by atoms with E-state index in [1.54, 1.807) is 17.2 Å². The summed E-state index contributed by atoms with van der Waals surface area (Å²) in [6.45, 7) is 3.94. The van der Waals surface area contributed by atoms with Gasteiger partial charge < -0.3 is 15.4 Å². The van der Waals surface area contributed by atoms with E-state index in [1.165, 1.54) is 0 Å². The summed E-state index contributed by atoms with van der Waals surface area (Å²) < 4.78 is 6.27. The lowest BCUT2D eigenvalue weighted by molar-refractivity contribution is 0.0563. The summed E-state index contributed by atoms with van der Waals surface area (Å²) in [4.78, 5) is 18.2. The predicted molar refractivity (Wildman–Crippen MR) is 72.3 cm³/mol. The van der Waals surface area contributed by atoms with E-state index < -0.39 is 0 Å². The quantitative estimate of drug-likeness (QED) is 0.856. The lowest BCUT2D eigenvalue weighted by Gasteiger charge is -2.22. The van der Waals surface area contributed by atoms with Gasteiger partial charge in [-0.05, 0) is 35.3 Å². The number of amides is 1. The normalized spacial score (nSPS) is 20.6. The molecule has 1 fully saturated rings. The molecule has 1 aliphatic heterocycles. The first-order valence-corrected chi connectivity index (χ1v) is 6.69. The minimum atomic E-state index is -0.0846. The van der Waals surface area contributed by atoms with Crippen LogP contribution in [-0.2, 0) is 4.74 Å². The zero-order chi connectivity index (χ0) is 13.1. The Balaban J connectivity index is 2.21. The summed E-state index contributed by atoms with van der Waals surface area (Å²) in [5.74, 6) is 0.180. The molecule has 1 aromatic heterocycles. The molecule has 1 unspecified atom stereocenters. The van der Waals surface area contributed by atoms with E-state index >= 15 is 0 Å². The number of nitrogen functional groups attached to an aromatic ring is 1. The third-order valence-electron chi connectivity index (χ3n) is 2.85. The van der Waals surface area contributed by atoms with Gasteiger partial charge in [-0.25, -0.2) is 4.98 Å². The van der Waals surface area contributed by atoms with Crippen LogP contribution < -0.4 is 5.73 Å². The molecular formula is C12H16BrN3O2. The van der Waals surface area contributed by atoms with Crippen LogP contribution in [0.1, 0.15) is 23.7 Å². The molecule has 0 bridgehead atoms. The van der Waals surface area contributed by atoms with E-state index in [0.29, 0.717) is 25.3 Å². The third-order valence-corrected chi connectivity index (χ3v) is 3.29. The molecule has 1 amide bonds. The van der Waals surface area contributed by atoms with Gasteiger partial charge in [-0.15, -0.1) is 0 Å². The van der Waals surface area contributed by atoms with E-state index in [4.69, 9.17) is 10.5 Å². The van der Waals surface area contributed by atoms with E-state index in [-0.39, 0.29) is 17.8 Å². The molecule has 1 aromatic rings. The van der Waals surface area contributed by atoms with E-state index in [2.05, 4.69) is 20.9 Å². The summed E-state index contributed by atoms with van der Waals surface area (Å²) in [6, 6.07) is 1.71. The van der Waals surface area contributed by atoms with Crippen LogP contribution >= 0.6 is 15.9 Å². The Morgan fingerprint density at radius 3 is 3.22 bits per heavy atom. The molecule has 0 aliphatic carbocycles. The number of anilines is 1. The number of nitrogens with zero attached hydrogens (tertiary/aromatic N) is 2. The summed E-state index contributed by atoms with van der Waals surface area (Å²) in [7, 11) is 0. The van der Waals surface area contributed by atoms with Gasteiger partial charge in [-0.2, -0.15) is 0 Å². The number of hydrogen-bond donors (Lipinski definition) is 1. The first-order chi connectivity index (χ1) is 8.58. The Bertz CT molecular complexity index is 453. The highest BCUT2D eigenvalue weighted by Crippen LogP contribution is 2.18. The largest absolute Gasteiger partial charge is 0.383 e. The van der Waals surface area contributed by atoms with Crippen molar-refractivity contribution >= 4 is 27.7 Å². The molecule has 0 spiro atoms. The van der Waals surface area contributed by atoms with E-state index in [9.17, 15) is 4.79 Å². The lowest BCUT2D eigenvalue weighted by Crippen LogP contribution is -2.36. The zero-order valence-corrected chi connectivity index (χ0v) is 11.8. The number of pyridine rings is 1. The van der Waals surface area contributed by atoms with Crippen LogP contribution in [0.2, 0.25) is 0 Å². The van der Waals surface area contributed by atoms with Gasteiger partial charge in [-0.3, -0.25) is 4.79 Å². The Morgan fingerprint density at radius 2 is 2.44 bits per heavy atom. The molecule has 0 saturated carbocycles. The maximum absolute atomic E-state index is 12.4. The number of hydrogen-bond acceptors (Lipinski definition) is 4. The molecule has 98 valence electrons. The predicted octanol–water partition coefficient (Wildman–Crippen LogP) is 1.68. The van der Waals surface area contributed by atoms with Gasteiger partial charge in [0, 0.05) is 30.4 Å². The zero-order valence-electron chi connectivity index (χ0n) is 10.2. The van der Waals surface area contributed by atoms with Crippen LogP contribution in [0.15, 0.2) is 16.7 Å². The van der Waals surface area contributed by atoms with Gasteiger partial charge in [0.05, 0.1) is 11.7 Å². The Morgan fingerprint density at radius 1 is 1.67 bits per heavy atom. The molecule has 2 rings (SSSR count). The van der Waals surface area contributed by atoms with Gasteiger partial charge >= 0.3 is 0 Å². The SMILES string of the molecule is CC1CN(C(=O)c2cc(Br)cnc2N)CCCO1. The monoisotopic (exact) mass is 313 g/mol. The summed E-state index contributed by atoms with van der Waals surface area (Å²) in [6.07, 6.45) is 2.48. The number of ether oxygens (including phenoxy) is 1. The van der Waals surface area contributed by atoms with Gasteiger partial charge in [0.25, 0.3) is 5.91 Å². The fourth-order valence-corrected chi connectivity index (χ4v) is 2.30. The highest BCUT2D eigenvalue weighted by Gasteiger charge is 2.23. The van der Waals surface area contributed by atoms with Crippen LogP contribution in [0.4, 0.5) is 5.82 Å². The second kappa shape index (κ2) is 5.67. The lowest BCUT2D eigenvalue weighted by atomic mass is 10.2. The molecule has 2 N–H and O–H groups in total. The highest BCUT2D eigenvalue weighted by molar-refractivity contribution is 9.10. The molecular weight excluding hydrogens is 298 g/mol. The van der Waals surface area contributed by atoms with Crippen LogP contribution in [-0.4, -0.2) is 41.6 Å². The molecule has 0 radical (unpaired) electrons. The highest BCUT2D eigenvalue weighted by atomic mass is 79.9. The molecule has 1 aliphatic rings. The maximum atomic E-state index is 12.4. The van der Waals surface area contributed by atoms with Crippen molar-refractivity contribution in [2.24, 2.45) is 0 Å². The van der Waals surface area contributed by atoms with Crippen molar-refractivity contribution in [3.63, 3.8) is 0 Å². The number of halogens is 1. The first-order valence-electron chi connectivity index (χ1n) is 5.90. The van der Waals surface area contributed by atoms with Crippen molar-refractivity contribution in [1.29, 1.82) is 0 Å². The van der Waals surface area contributed by atoms with Crippen LogP contribution in [0.25, 0.3) is 0 Å². The van der Waals surface area contributed by atoms with Crippen LogP contribution in [0, 0.1) is 0 Å². The molecule has 6 heteroatoms. The molecule has 0 aromatic carbocycles. The number of nitrogens with two attached hydrogens (primary N) is 1. The van der Waals surface area contributed by atoms with Crippen LogP contribution in [0.5, 0.6) is 0 Å². The smallest absolute Gasteiger partial charge is 0.257 e. The number of carbonyl (C=O) groups excluding carboxylic acids is 1. The Labute approximate surface area is 114 Å². The van der Waals surface area contributed by atoms with Crippen molar-refractivity contribution in [3.05, 3.63) is 22.3 Å². The van der Waals surface area contributed by atoms with Gasteiger partial charge in [0.15, 0.2) is 0 Å². The summed E-state index contributed by atoms with van der Waals surface area (Å²) >= 11 is 3.30. The van der Waals surface area contributed by atoms with Crippen molar-refractivity contribution in [3.8, 4) is 0 Å². The number of carbonyl (C=O) groups is 1. The maximum Gasteiger partial charge on any atom is 0.257 e. The Hall–Kier alpha value is -1.14. The van der Waals surface area contributed by atoms with Crippen molar-refractivity contribution in [2.75, 3.05) is 25.4 Å². The summed E-state index contributed by atoms with van der Waals surface area (Å²) in [5, 5.41) is 0. The van der Waals surface area contributed by atoms with Gasteiger partial charge in [0.1, 0.15) is 5.82 Å². The first kappa shape index (κ1) is 13.3. The molecule has 2 heterocycles. The fraction of sp³-hybridized carbons (Fsp3) is 0.500. The standard InChI is InChI=1S/C12H16BrN3O2/c1-8-7-16(3-2-4-18-8)12(17)10-5-9(13)6-15-11(10)14/h5-6,8H,2-4,7H2,1H3,(H2,14,15). The molecule has 5 nitrogen and oxygen atoms in total. The molecule has 18 heavy (non-hydrogen) atoms. The van der Waals surface area contributed by atoms with E-state index in [0.717, 1.165) is 10.9 Å². The van der Waals surface area contributed by atoms with Crippen molar-refractivity contribution < 1.29 is 9.53 Å². The molecule has 1 saturated heterocycles. The minimum absolute atomic E-state index is 0.0535. The fourth-order valence-electron chi connectivity index (χ4n) is 1.97. The average Bonchev–Trinajstić information content (AvgIpc) is 2.56. The van der Waals surface area contributed by atoms with Crippen LogP contribution in [0.3, 0.4) is 0 Å². The third kappa shape index (κ3) is 3.00. The number of rotatable bonds is 1. The number of aromatic nitrogens is 1. The minimum Gasteiger partial charge on any atom is -0.383 e. The summed E-state index contributed by atoms with van der Waals surface area (Å²) in [5.41, 5.74) is 6.20. The van der Waals surface area contributed by atoms with E-state index in [1.807, 2.05) is 6.92 Å². The van der Waals surface area contributed by atoms with Crippen molar-refractivity contribution in [1.82, 2.24) is 9.88 Å². The second-order valence-electron chi connectivity index (χ2n) is 4.37.